The Kier molecular flexibility index (Phi) is 5.99. The van der Waals surface area contributed by atoms with Crippen LogP contribution >= 0.6 is 11.3 Å². The van der Waals surface area contributed by atoms with Gasteiger partial charge in [-0.1, -0.05) is 62.4 Å². The normalized spacial score (nSPS) is 17.7. The number of Topliss-reactive ketones (excluding diaryl/α,β-unsaturated/α-hetero) is 1. The van der Waals surface area contributed by atoms with Crippen LogP contribution in [0.5, 0.6) is 0 Å². The number of ketones is 1. The van der Waals surface area contributed by atoms with Gasteiger partial charge in [-0.2, -0.15) is 0 Å². The highest BCUT2D eigenvalue weighted by atomic mass is 32.1. The van der Waals surface area contributed by atoms with Crippen molar-refractivity contribution in [3.05, 3.63) is 99.9 Å². The van der Waals surface area contributed by atoms with E-state index in [0.29, 0.717) is 10.7 Å². The molecule has 1 saturated heterocycles. The van der Waals surface area contributed by atoms with Gasteiger partial charge in [0.25, 0.3) is 5.78 Å². The summed E-state index contributed by atoms with van der Waals surface area (Å²) in [6.07, 6.45) is 0. The molecule has 0 aliphatic carbocycles. The molecule has 1 amide bonds. The Morgan fingerprint density at radius 2 is 1.65 bits per heavy atom. The topological polar surface area (TPSA) is 70.5 Å². The van der Waals surface area contributed by atoms with Crippen LogP contribution in [0.1, 0.15) is 54.6 Å². The number of benzene rings is 3. The van der Waals surface area contributed by atoms with E-state index in [1.54, 1.807) is 0 Å². The van der Waals surface area contributed by atoms with Gasteiger partial charge < -0.3 is 5.11 Å². The molecule has 5 nitrogen and oxygen atoms in total. The maximum Gasteiger partial charge on any atom is 0.301 e. The second-order valence-electron chi connectivity index (χ2n) is 10.5. The molecule has 0 bridgehead atoms. The number of aliphatic hydroxyl groups is 1. The summed E-state index contributed by atoms with van der Waals surface area (Å²) in [5, 5.41) is 11.6. The van der Waals surface area contributed by atoms with Crippen molar-refractivity contribution in [1.29, 1.82) is 0 Å². The lowest BCUT2D eigenvalue weighted by Gasteiger charge is -2.24. The monoisotopic (exact) mass is 514 g/mol. The third kappa shape index (κ3) is 4.33. The Bertz CT molecular complexity index is 1580. The summed E-state index contributed by atoms with van der Waals surface area (Å²) in [7, 11) is 0. The Morgan fingerprint density at radius 3 is 2.27 bits per heavy atom. The molecular weight excluding hydrogens is 487 g/mol. The van der Waals surface area contributed by atoms with Crippen LogP contribution in [-0.4, -0.2) is 21.8 Å². The Morgan fingerprint density at radius 1 is 1.00 bits per heavy atom. The summed E-state index contributed by atoms with van der Waals surface area (Å²) in [6.45, 7) is 10.3. The predicted octanol–water partition coefficient (Wildman–Crippen LogP) is 6.98. The highest BCUT2D eigenvalue weighted by molar-refractivity contribution is 7.22. The van der Waals surface area contributed by atoms with Crippen molar-refractivity contribution in [3.8, 4) is 0 Å². The average molecular weight is 515 g/mol. The van der Waals surface area contributed by atoms with Crippen LogP contribution in [0.2, 0.25) is 0 Å². The van der Waals surface area contributed by atoms with Crippen LogP contribution in [0.25, 0.3) is 16.0 Å². The van der Waals surface area contributed by atoms with Gasteiger partial charge in [-0.15, -0.1) is 0 Å². The van der Waals surface area contributed by atoms with Crippen molar-refractivity contribution in [1.82, 2.24) is 4.98 Å². The third-order valence-corrected chi connectivity index (χ3v) is 7.68. The first-order valence-electron chi connectivity index (χ1n) is 12.0. The standard InChI is InChI=1S/C30H27FN2O3S/c1-16-14-17(2)24-22(15-16)37-29(32-24)33-25(18-6-10-20(11-7-18)30(3,4)5)23(27(35)28(33)36)26(34)19-8-12-21(31)13-9-19/h6-15,25,34H,1-5H3. The van der Waals surface area contributed by atoms with Gasteiger partial charge >= 0.3 is 5.91 Å². The zero-order valence-electron chi connectivity index (χ0n) is 21.3. The van der Waals surface area contributed by atoms with Gasteiger partial charge in [0.1, 0.15) is 11.6 Å². The minimum Gasteiger partial charge on any atom is -0.507 e. The van der Waals surface area contributed by atoms with Crippen molar-refractivity contribution in [2.75, 3.05) is 4.90 Å². The number of fused-ring (bicyclic) bond motifs is 1. The van der Waals surface area contributed by atoms with Gasteiger partial charge in [0.2, 0.25) is 0 Å². The van der Waals surface area contributed by atoms with E-state index < -0.39 is 23.5 Å². The van der Waals surface area contributed by atoms with Crippen LogP contribution in [0.4, 0.5) is 9.52 Å². The fourth-order valence-corrected chi connectivity index (χ4v) is 5.90. The molecule has 1 aliphatic rings. The maximum atomic E-state index is 13.6. The average Bonchev–Trinajstić information content (AvgIpc) is 3.37. The zero-order chi connectivity index (χ0) is 26.6. The minimum atomic E-state index is -0.888. The number of rotatable bonds is 3. The number of carbonyl (C=O) groups excluding carboxylic acids is 2. The van der Waals surface area contributed by atoms with Crippen molar-refractivity contribution in [2.45, 2.75) is 46.1 Å². The van der Waals surface area contributed by atoms with Crippen molar-refractivity contribution < 1.29 is 19.1 Å². The highest BCUT2D eigenvalue weighted by Gasteiger charge is 2.48. The second kappa shape index (κ2) is 8.92. The summed E-state index contributed by atoms with van der Waals surface area (Å²) >= 11 is 1.33. The molecule has 1 aromatic heterocycles. The van der Waals surface area contributed by atoms with E-state index in [2.05, 4.69) is 20.8 Å². The molecule has 1 atom stereocenters. The summed E-state index contributed by atoms with van der Waals surface area (Å²) in [4.78, 5) is 33.0. The first-order valence-corrected chi connectivity index (χ1v) is 12.8. The van der Waals surface area contributed by atoms with E-state index in [0.717, 1.165) is 26.9 Å². The van der Waals surface area contributed by atoms with Crippen molar-refractivity contribution in [3.63, 3.8) is 0 Å². The largest absolute Gasteiger partial charge is 0.507 e. The van der Waals surface area contributed by atoms with Crippen LogP contribution < -0.4 is 4.90 Å². The number of aromatic nitrogens is 1. The lowest BCUT2D eigenvalue weighted by molar-refractivity contribution is -0.132. The molecule has 1 unspecified atom stereocenters. The van der Waals surface area contributed by atoms with Crippen LogP contribution in [0.3, 0.4) is 0 Å². The first-order chi connectivity index (χ1) is 17.5. The molecular formula is C30H27FN2O3S. The van der Waals surface area contributed by atoms with Gasteiger partial charge in [-0.3, -0.25) is 14.5 Å². The predicted molar refractivity (Wildman–Crippen MR) is 145 cm³/mol. The van der Waals surface area contributed by atoms with E-state index in [4.69, 9.17) is 4.98 Å². The molecule has 0 saturated carbocycles. The summed E-state index contributed by atoms with van der Waals surface area (Å²) < 4.78 is 14.5. The number of hydrogen-bond acceptors (Lipinski definition) is 5. The number of thiazole rings is 1. The molecule has 0 spiro atoms. The number of halogens is 1. The second-order valence-corrected chi connectivity index (χ2v) is 11.5. The number of nitrogens with zero attached hydrogens (tertiary/aromatic N) is 2. The van der Waals surface area contributed by atoms with E-state index in [1.165, 1.54) is 40.5 Å². The molecule has 188 valence electrons. The van der Waals surface area contributed by atoms with Gasteiger partial charge in [-0.25, -0.2) is 9.37 Å². The number of anilines is 1. The highest BCUT2D eigenvalue weighted by Crippen LogP contribution is 2.45. The molecule has 37 heavy (non-hydrogen) atoms. The quantitative estimate of drug-likeness (QED) is 0.182. The molecule has 4 aromatic rings. The maximum absolute atomic E-state index is 13.6. The van der Waals surface area contributed by atoms with Gasteiger partial charge in [-0.05, 0) is 71.8 Å². The van der Waals surface area contributed by atoms with E-state index >= 15 is 0 Å². The summed E-state index contributed by atoms with van der Waals surface area (Å²) in [5.41, 5.74) is 4.71. The fourth-order valence-electron chi connectivity index (χ4n) is 4.74. The smallest absolute Gasteiger partial charge is 0.301 e. The van der Waals surface area contributed by atoms with Crippen LogP contribution in [-0.2, 0) is 15.0 Å². The number of aliphatic hydroxyl groups excluding tert-OH is 1. The minimum absolute atomic E-state index is 0.0488. The Labute approximate surface area is 218 Å². The molecule has 1 fully saturated rings. The molecule has 5 rings (SSSR count). The first kappa shape index (κ1) is 24.8. The molecule has 1 N–H and O–H groups in total. The zero-order valence-corrected chi connectivity index (χ0v) is 22.1. The molecule has 0 radical (unpaired) electrons. The van der Waals surface area contributed by atoms with E-state index in [-0.39, 0.29) is 22.3 Å². The fraction of sp³-hybridized carbons (Fsp3) is 0.233. The lowest BCUT2D eigenvalue weighted by Crippen LogP contribution is -2.29. The van der Waals surface area contributed by atoms with E-state index in [1.807, 2.05) is 50.2 Å². The van der Waals surface area contributed by atoms with Crippen LogP contribution in [0, 0.1) is 19.7 Å². The van der Waals surface area contributed by atoms with Crippen molar-refractivity contribution in [2.24, 2.45) is 0 Å². The molecule has 2 heterocycles. The molecule has 7 heteroatoms. The van der Waals surface area contributed by atoms with Gasteiger partial charge in [0.15, 0.2) is 5.13 Å². The van der Waals surface area contributed by atoms with E-state index in [9.17, 15) is 19.1 Å². The van der Waals surface area contributed by atoms with Crippen molar-refractivity contribution >= 4 is 44.1 Å². The number of amides is 1. The number of carbonyl (C=O) groups is 2. The third-order valence-electron chi connectivity index (χ3n) is 6.68. The number of aryl methyl sites for hydroxylation is 2. The SMILES string of the molecule is Cc1cc(C)c2nc(N3C(=O)C(=O)C(=C(O)c4ccc(F)cc4)C3c3ccc(C(C)(C)C)cc3)sc2c1. The molecule has 1 aliphatic heterocycles. The Balaban J connectivity index is 1.73. The van der Waals surface area contributed by atoms with Gasteiger partial charge in [0.05, 0.1) is 21.8 Å². The van der Waals surface area contributed by atoms with Crippen LogP contribution in [0.15, 0.2) is 66.2 Å². The molecule has 3 aromatic carbocycles. The lowest BCUT2D eigenvalue weighted by atomic mass is 9.85. The Hall–Kier alpha value is -3.84. The van der Waals surface area contributed by atoms with Gasteiger partial charge in [0, 0.05) is 5.56 Å². The summed E-state index contributed by atoms with van der Waals surface area (Å²) in [6, 6.07) is 16.0. The summed E-state index contributed by atoms with van der Waals surface area (Å²) in [5.74, 6) is -2.38. The number of hydrogen-bond donors (Lipinski definition) is 1.